The highest BCUT2D eigenvalue weighted by Crippen LogP contribution is 2.58. The number of carbonyl (C=O) groups is 1. The summed E-state index contributed by atoms with van der Waals surface area (Å²) in [4.78, 5) is 18.4. The van der Waals surface area contributed by atoms with E-state index in [-0.39, 0.29) is 59.7 Å². The third kappa shape index (κ3) is 2.39. The Bertz CT molecular complexity index is 1180. The van der Waals surface area contributed by atoms with Gasteiger partial charge < -0.3 is 18.9 Å². The fourth-order valence-electron chi connectivity index (χ4n) is 4.20. The number of benzene rings is 1. The van der Waals surface area contributed by atoms with Crippen molar-refractivity contribution in [2.24, 2.45) is 0 Å². The SMILES string of the molecule is O=C1N(CC2=CCC(C(F)(F)F)O2)c2nccc3c2C1(F)c1cc2c(cc1O3)OCO2. The van der Waals surface area contributed by atoms with Gasteiger partial charge in [-0.25, -0.2) is 9.37 Å². The van der Waals surface area contributed by atoms with Crippen LogP contribution in [0.1, 0.15) is 17.5 Å². The van der Waals surface area contributed by atoms with Crippen molar-refractivity contribution in [2.45, 2.75) is 24.4 Å². The number of hydrogen-bond donors (Lipinski definition) is 0. The van der Waals surface area contributed by atoms with E-state index in [2.05, 4.69) is 4.98 Å². The van der Waals surface area contributed by atoms with E-state index in [1.165, 1.54) is 30.5 Å². The maximum atomic E-state index is 16.5. The summed E-state index contributed by atoms with van der Waals surface area (Å²) in [6, 6.07) is 4.20. The van der Waals surface area contributed by atoms with E-state index in [9.17, 15) is 18.0 Å². The second-order valence-electron chi connectivity index (χ2n) is 7.42. The Hall–Kier alpha value is -3.50. The first-order chi connectivity index (χ1) is 14.8. The molecule has 2 unspecified atom stereocenters. The number of aromatic nitrogens is 1. The number of halogens is 4. The monoisotopic (exact) mass is 436 g/mol. The number of ether oxygens (including phenoxy) is 4. The van der Waals surface area contributed by atoms with Gasteiger partial charge in [-0.2, -0.15) is 13.2 Å². The molecule has 160 valence electrons. The minimum absolute atomic E-state index is 0.0340. The highest BCUT2D eigenvalue weighted by Gasteiger charge is 2.60. The first-order valence-electron chi connectivity index (χ1n) is 9.31. The van der Waals surface area contributed by atoms with Crippen LogP contribution in [-0.4, -0.2) is 36.5 Å². The van der Waals surface area contributed by atoms with Gasteiger partial charge in [-0.1, -0.05) is 0 Å². The Kier molecular flexibility index (Phi) is 3.42. The summed E-state index contributed by atoms with van der Waals surface area (Å²) in [5.41, 5.74) is -2.83. The number of amides is 1. The molecule has 2 aromatic rings. The average molecular weight is 436 g/mol. The number of alkyl halides is 4. The summed E-state index contributed by atoms with van der Waals surface area (Å²) in [5, 5.41) is 0. The Morgan fingerprint density at radius 1 is 1.16 bits per heavy atom. The van der Waals surface area contributed by atoms with Gasteiger partial charge in [-0.05, 0) is 18.2 Å². The predicted octanol–water partition coefficient (Wildman–Crippen LogP) is 3.71. The zero-order valence-corrected chi connectivity index (χ0v) is 15.5. The van der Waals surface area contributed by atoms with Crippen molar-refractivity contribution >= 4 is 11.7 Å². The van der Waals surface area contributed by atoms with Crippen LogP contribution in [0.15, 0.2) is 36.2 Å². The molecular formula is C20H12F4N2O5. The van der Waals surface area contributed by atoms with Crippen LogP contribution < -0.4 is 19.1 Å². The number of anilines is 1. The van der Waals surface area contributed by atoms with Gasteiger partial charge in [0.15, 0.2) is 17.6 Å². The van der Waals surface area contributed by atoms with Gasteiger partial charge in [0.2, 0.25) is 12.5 Å². The maximum Gasteiger partial charge on any atom is 0.425 e. The molecule has 0 bridgehead atoms. The summed E-state index contributed by atoms with van der Waals surface area (Å²) < 4.78 is 76.7. The van der Waals surface area contributed by atoms with E-state index in [1.54, 1.807) is 0 Å². The molecule has 0 saturated heterocycles. The van der Waals surface area contributed by atoms with Gasteiger partial charge in [0.05, 0.1) is 17.7 Å². The van der Waals surface area contributed by atoms with E-state index >= 15 is 4.39 Å². The Morgan fingerprint density at radius 2 is 1.94 bits per heavy atom. The van der Waals surface area contributed by atoms with Crippen molar-refractivity contribution in [2.75, 3.05) is 18.2 Å². The van der Waals surface area contributed by atoms with E-state index in [0.717, 1.165) is 4.90 Å². The fraction of sp³-hybridized carbons (Fsp3) is 0.300. The molecule has 7 nitrogen and oxygen atoms in total. The molecule has 4 aliphatic heterocycles. The van der Waals surface area contributed by atoms with Crippen molar-refractivity contribution < 1.29 is 41.3 Å². The van der Waals surface area contributed by atoms with Crippen LogP contribution in [-0.2, 0) is 15.2 Å². The molecular weight excluding hydrogens is 424 g/mol. The molecule has 31 heavy (non-hydrogen) atoms. The average Bonchev–Trinajstić information content (AvgIpc) is 3.42. The molecule has 0 fully saturated rings. The lowest BCUT2D eigenvalue weighted by molar-refractivity contribution is -0.202. The molecule has 0 spiro atoms. The maximum absolute atomic E-state index is 16.5. The second kappa shape index (κ2) is 5.80. The lowest BCUT2D eigenvalue weighted by Crippen LogP contribution is -2.40. The highest BCUT2D eigenvalue weighted by molar-refractivity contribution is 6.10. The summed E-state index contributed by atoms with van der Waals surface area (Å²) in [5.74, 6) is -0.327. The van der Waals surface area contributed by atoms with E-state index in [0.29, 0.717) is 5.75 Å². The molecule has 1 aromatic heterocycles. The van der Waals surface area contributed by atoms with Crippen LogP contribution in [0.3, 0.4) is 0 Å². The number of fused-ring (bicyclic) bond motifs is 3. The molecule has 1 aromatic carbocycles. The fourth-order valence-corrected chi connectivity index (χ4v) is 4.20. The minimum atomic E-state index is -4.54. The van der Waals surface area contributed by atoms with Gasteiger partial charge in [0.25, 0.3) is 5.91 Å². The highest BCUT2D eigenvalue weighted by atomic mass is 19.4. The van der Waals surface area contributed by atoms with Gasteiger partial charge in [0.1, 0.15) is 23.1 Å². The van der Waals surface area contributed by atoms with Crippen molar-refractivity contribution in [1.29, 1.82) is 0 Å². The molecule has 5 heterocycles. The Balaban J connectivity index is 1.41. The summed E-state index contributed by atoms with van der Waals surface area (Å²) in [6.45, 7) is -0.441. The first-order valence-corrected chi connectivity index (χ1v) is 9.31. The second-order valence-corrected chi connectivity index (χ2v) is 7.42. The van der Waals surface area contributed by atoms with Crippen LogP contribution in [0.4, 0.5) is 23.4 Å². The van der Waals surface area contributed by atoms with Crippen LogP contribution in [0, 0.1) is 0 Å². The molecule has 0 saturated carbocycles. The van der Waals surface area contributed by atoms with Gasteiger partial charge >= 0.3 is 6.18 Å². The van der Waals surface area contributed by atoms with Crippen LogP contribution in [0.25, 0.3) is 0 Å². The van der Waals surface area contributed by atoms with Crippen LogP contribution in [0.2, 0.25) is 0 Å². The van der Waals surface area contributed by atoms with Gasteiger partial charge in [-0.3, -0.25) is 9.69 Å². The quantitative estimate of drug-likeness (QED) is 0.669. The normalized spacial score (nSPS) is 25.0. The summed E-state index contributed by atoms with van der Waals surface area (Å²) >= 11 is 0. The molecule has 6 rings (SSSR count). The van der Waals surface area contributed by atoms with Gasteiger partial charge in [0, 0.05) is 18.7 Å². The lowest BCUT2D eigenvalue weighted by atomic mass is 9.86. The molecule has 2 atom stereocenters. The smallest absolute Gasteiger partial charge is 0.425 e. The van der Waals surface area contributed by atoms with Crippen LogP contribution in [0.5, 0.6) is 23.0 Å². The third-order valence-corrected chi connectivity index (χ3v) is 5.63. The molecule has 0 N–H and O–H groups in total. The Labute approximate surface area is 171 Å². The van der Waals surface area contributed by atoms with Crippen molar-refractivity contribution in [3.8, 4) is 23.0 Å². The molecule has 4 aliphatic rings. The molecule has 0 aliphatic carbocycles. The number of carbonyl (C=O) groups excluding carboxylic acids is 1. The number of nitrogens with zero attached hydrogens (tertiary/aromatic N) is 2. The van der Waals surface area contributed by atoms with Crippen molar-refractivity contribution in [3.63, 3.8) is 0 Å². The van der Waals surface area contributed by atoms with E-state index in [4.69, 9.17) is 18.9 Å². The third-order valence-electron chi connectivity index (χ3n) is 5.63. The van der Waals surface area contributed by atoms with Gasteiger partial charge in [-0.15, -0.1) is 0 Å². The molecule has 11 heteroatoms. The summed E-state index contributed by atoms with van der Waals surface area (Å²) in [6.07, 6.45) is -4.33. The Morgan fingerprint density at radius 3 is 2.68 bits per heavy atom. The first kappa shape index (κ1) is 18.3. The minimum Gasteiger partial charge on any atom is -0.483 e. The van der Waals surface area contributed by atoms with E-state index < -0.39 is 23.9 Å². The van der Waals surface area contributed by atoms with Crippen molar-refractivity contribution in [1.82, 2.24) is 4.98 Å². The molecule has 0 radical (unpaired) electrons. The number of hydrogen-bond acceptors (Lipinski definition) is 6. The lowest BCUT2D eigenvalue weighted by Gasteiger charge is -2.28. The number of rotatable bonds is 2. The standard InChI is InChI=1S/C20H12F4N2O5/c21-19-10-5-13-14(29-8-28-13)6-12(10)31-11-3-4-25-17(16(11)19)26(18(19)27)7-9-1-2-15(30-9)20(22,23)24/h1,3-6,15H,2,7-8H2. The zero-order valence-electron chi connectivity index (χ0n) is 15.5. The molecule has 1 amide bonds. The van der Waals surface area contributed by atoms with E-state index in [1.807, 2.05) is 0 Å². The summed E-state index contributed by atoms with van der Waals surface area (Å²) in [7, 11) is 0. The van der Waals surface area contributed by atoms with Crippen molar-refractivity contribution in [3.05, 3.63) is 47.4 Å². The largest absolute Gasteiger partial charge is 0.483 e. The number of pyridine rings is 1. The van der Waals surface area contributed by atoms with Crippen LogP contribution >= 0.6 is 0 Å². The topological polar surface area (TPSA) is 70.1 Å². The zero-order chi connectivity index (χ0) is 21.5. The predicted molar refractivity (Wildman–Crippen MR) is 94.7 cm³/mol.